The Hall–Kier alpha value is -4.55. The van der Waals surface area contributed by atoms with Gasteiger partial charge in [-0.05, 0) is 99.0 Å². The molecule has 232 valence electrons. The summed E-state index contributed by atoms with van der Waals surface area (Å²) in [6, 6.07) is 20.5. The minimum atomic E-state index is -4.25. The molecule has 0 saturated heterocycles. The molecular formula is C32H35N3O7S2. The van der Waals surface area contributed by atoms with E-state index >= 15 is 0 Å². The van der Waals surface area contributed by atoms with Crippen molar-refractivity contribution in [1.29, 1.82) is 0 Å². The summed E-state index contributed by atoms with van der Waals surface area (Å²) >= 11 is 0. The lowest BCUT2D eigenvalue weighted by molar-refractivity contribution is -0.114. The van der Waals surface area contributed by atoms with E-state index in [1.165, 1.54) is 56.7 Å². The maximum absolute atomic E-state index is 13.9. The van der Waals surface area contributed by atoms with Crippen LogP contribution >= 0.6 is 0 Å². The number of carbonyl (C=O) groups excluding carboxylic acids is 1. The van der Waals surface area contributed by atoms with Gasteiger partial charge in [-0.25, -0.2) is 16.8 Å². The Morgan fingerprint density at radius 3 is 1.91 bits per heavy atom. The van der Waals surface area contributed by atoms with Gasteiger partial charge in [-0.3, -0.25) is 13.8 Å². The minimum Gasteiger partial charge on any atom is -0.493 e. The number of benzene rings is 4. The van der Waals surface area contributed by atoms with Crippen LogP contribution in [0.15, 0.2) is 88.7 Å². The third-order valence-electron chi connectivity index (χ3n) is 6.80. The first-order valence-corrected chi connectivity index (χ1v) is 16.5. The number of nitrogens with zero attached hydrogens (tertiary/aromatic N) is 1. The van der Waals surface area contributed by atoms with Gasteiger partial charge in [-0.1, -0.05) is 23.8 Å². The van der Waals surface area contributed by atoms with Crippen LogP contribution in [-0.4, -0.2) is 43.5 Å². The SMILES string of the molecule is COc1ccc(S(=O)(=O)N(CC(=O)Nc2ccc(S(=O)(=O)Nc3ccc(C)cc3C)cc2)c2cc(C)cc(C)c2)cc1OC. The smallest absolute Gasteiger partial charge is 0.264 e. The lowest BCUT2D eigenvalue weighted by Gasteiger charge is -2.25. The van der Waals surface area contributed by atoms with Crippen molar-refractivity contribution in [1.82, 2.24) is 0 Å². The first-order chi connectivity index (χ1) is 20.7. The molecule has 4 aromatic carbocycles. The maximum atomic E-state index is 13.9. The molecule has 0 aliphatic rings. The average Bonchev–Trinajstić information content (AvgIpc) is 2.96. The molecule has 0 fully saturated rings. The zero-order chi connectivity index (χ0) is 32.2. The Kier molecular flexibility index (Phi) is 9.55. The summed E-state index contributed by atoms with van der Waals surface area (Å²) in [4.78, 5) is 13.2. The van der Waals surface area contributed by atoms with Crippen molar-refractivity contribution in [3.63, 3.8) is 0 Å². The number of hydrogen-bond donors (Lipinski definition) is 2. The van der Waals surface area contributed by atoms with Crippen molar-refractivity contribution in [2.24, 2.45) is 0 Å². The molecule has 4 rings (SSSR count). The molecule has 0 aliphatic heterocycles. The predicted molar refractivity (Wildman–Crippen MR) is 172 cm³/mol. The number of nitrogens with one attached hydrogen (secondary N) is 2. The number of aryl methyl sites for hydroxylation is 4. The Morgan fingerprint density at radius 1 is 0.705 bits per heavy atom. The van der Waals surface area contributed by atoms with Crippen LogP contribution in [0.4, 0.5) is 17.1 Å². The Morgan fingerprint density at radius 2 is 1.32 bits per heavy atom. The monoisotopic (exact) mass is 637 g/mol. The quantitative estimate of drug-likeness (QED) is 0.220. The second-order valence-corrected chi connectivity index (χ2v) is 13.9. The third kappa shape index (κ3) is 7.32. The van der Waals surface area contributed by atoms with Crippen LogP contribution in [0, 0.1) is 27.7 Å². The van der Waals surface area contributed by atoms with Crippen molar-refractivity contribution in [2.75, 3.05) is 35.1 Å². The fourth-order valence-electron chi connectivity index (χ4n) is 4.69. The van der Waals surface area contributed by atoms with E-state index in [-0.39, 0.29) is 15.5 Å². The molecule has 10 nitrogen and oxygen atoms in total. The Labute approximate surface area is 258 Å². The van der Waals surface area contributed by atoms with E-state index in [4.69, 9.17) is 9.47 Å². The molecule has 0 heterocycles. The second kappa shape index (κ2) is 13.0. The fourth-order valence-corrected chi connectivity index (χ4v) is 7.25. The van der Waals surface area contributed by atoms with Crippen molar-refractivity contribution in [3.8, 4) is 11.5 Å². The van der Waals surface area contributed by atoms with E-state index in [1.54, 1.807) is 18.2 Å². The van der Waals surface area contributed by atoms with E-state index < -0.39 is 32.5 Å². The lowest BCUT2D eigenvalue weighted by atomic mass is 10.1. The van der Waals surface area contributed by atoms with E-state index in [0.29, 0.717) is 22.8 Å². The first kappa shape index (κ1) is 32.4. The number of rotatable bonds is 11. The highest BCUT2D eigenvalue weighted by molar-refractivity contribution is 7.93. The van der Waals surface area contributed by atoms with E-state index in [9.17, 15) is 21.6 Å². The Bertz CT molecular complexity index is 1890. The average molecular weight is 638 g/mol. The molecule has 44 heavy (non-hydrogen) atoms. The van der Waals surface area contributed by atoms with E-state index in [1.807, 2.05) is 45.9 Å². The molecule has 0 aliphatic carbocycles. The number of methoxy groups -OCH3 is 2. The standard InChI is InChI=1S/C32H35N3O7S2/c1-21-7-13-29(24(4)16-21)34-43(37,38)27-10-8-25(9-11-27)33-32(36)20-35(26-17-22(2)15-23(3)18-26)44(39,40)28-12-14-30(41-5)31(19-28)42-6/h7-19,34H,20H2,1-6H3,(H,33,36). The van der Waals surface area contributed by atoms with Gasteiger partial charge in [0.15, 0.2) is 11.5 Å². The van der Waals surface area contributed by atoms with Gasteiger partial charge in [-0.2, -0.15) is 0 Å². The molecule has 1 amide bonds. The van der Waals surface area contributed by atoms with Crippen LogP contribution in [0.25, 0.3) is 0 Å². The second-order valence-electron chi connectivity index (χ2n) is 10.4. The summed E-state index contributed by atoms with van der Waals surface area (Å²) in [6.45, 7) is 6.86. The number of amides is 1. The molecule has 0 atom stereocenters. The van der Waals surface area contributed by atoms with Crippen molar-refractivity contribution in [2.45, 2.75) is 37.5 Å². The van der Waals surface area contributed by atoms with Gasteiger partial charge >= 0.3 is 0 Å². The number of hydrogen-bond acceptors (Lipinski definition) is 7. The van der Waals surface area contributed by atoms with E-state index in [0.717, 1.165) is 26.6 Å². The van der Waals surface area contributed by atoms with Crippen LogP contribution in [0.2, 0.25) is 0 Å². The predicted octanol–water partition coefficient (Wildman–Crippen LogP) is 5.57. The molecule has 0 bridgehead atoms. The fraction of sp³-hybridized carbons (Fsp3) is 0.219. The third-order valence-corrected chi connectivity index (χ3v) is 9.95. The van der Waals surface area contributed by atoms with Crippen LogP contribution < -0.4 is 23.8 Å². The van der Waals surface area contributed by atoms with Crippen LogP contribution in [-0.2, 0) is 24.8 Å². The van der Waals surface area contributed by atoms with Crippen molar-refractivity contribution >= 4 is 43.0 Å². The highest BCUT2D eigenvalue weighted by Gasteiger charge is 2.29. The van der Waals surface area contributed by atoms with Gasteiger partial charge < -0.3 is 14.8 Å². The molecule has 0 radical (unpaired) electrons. The van der Waals surface area contributed by atoms with Gasteiger partial charge in [0.25, 0.3) is 20.0 Å². The molecule has 0 aromatic heterocycles. The summed E-state index contributed by atoms with van der Waals surface area (Å²) in [5, 5.41) is 2.67. The van der Waals surface area contributed by atoms with Gasteiger partial charge in [0.1, 0.15) is 6.54 Å². The molecular weight excluding hydrogens is 603 g/mol. The number of ether oxygens (including phenoxy) is 2. The molecule has 4 aromatic rings. The highest BCUT2D eigenvalue weighted by Crippen LogP contribution is 2.33. The van der Waals surface area contributed by atoms with Gasteiger partial charge in [-0.15, -0.1) is 0 Å². The first-order valence-electron chi connectivity index (χ1n) is 13.6. The van der Waals surface area contributed by atoms with Crippen LogP contribution in [0.1, 0.15) is 22.3 Å². The van der Waals surface area contributed by atoms with Crippen molar-refractivity contribution in [3.05, 3.63) is 101 Å². The zero-order valence-corrected chi connectivity index (χ0v) is 27.0. The minimum absolute atomic E-state index is 0.00312. The number of anilines is 3. The summed E-state index contributed by atoms with van der Waals surface area (Å²) in [7, 11) is -5.28. The number of carbonyl (C=O) groups is 1. The largest absolute Gasteiger partial charge is 0.493 e. The summed E-state index contributed by atoms with van der Waals surface area (Å²) in [6.07, 6.45) is 0. The lowest BCUT2D eigenvalue weighted by Crippen LogP contribution is -2.38. The van der Waals surface area contributed by atoms with Crippen LogP contribution in [0.5, 0.6) is 11.5 Å². The normalized spacial score (nSPS) is 11.5. The molecule has 12 heteroatoms. The molecule has 2 N–H and O–H groups in total. The van der Waals surface area contributed by atoms with E-state index in [2.05, 4.69) is 10.0 Å². The Balaban J connectivity index is 1.59. The number of sulfonamides is 2. The van der Waals surface area contributed by atoms with Crippen LogP contribution in [0.3, 0.4) is 0 Å². The van der Waals surface area contributed by atoms with Crippen molar-refractivity contribution < 1.29 is 31.1 Å². The maximum Gasteiger partial charge on any atom is 0.264 e. The highest BCUT2D eigenvalue weighted by atomic mass is 32.2. The molecule has 0 unspecified atom stereocenters. The zero-order valence-electron chi connectivity index (χ0n) is 25.3. The summed E-state index contributed by atoms with van der Waals surface area (Å²) in [5.74, 6) is -0.0468. The van der Waals surface area contributed by atoms with Gasteiger partial charge in [0.2, 0.25) is 5.91 Å². The summed E-state index contributed by atoms with van der Waals surface area (Å²) in [5.41, 5.74) is 4.51. The summed E-state index contributed by atoms with van der Waals surface area (Å²) < 4.78 is 68.0. The molecule has 0 saturated carbocycles. The topological polar surface area (TPSA) is 131 Å². The van der Waals surface area contributed by atoms with Gasteiger partial charge in [0.05, 0.1) is 35.4 Å². The van der Waals surface area contributed by atoms with Gasteiger partial charge in [0, 0.05) is 11.8 Å². The molecule has 0 spiro atoms.